The summed E-state index contributed by atoms with van der Waals surface area (Å²) >= 11 is 3.02. The van der Waals surface area contributed by atoms with Gasteiger partial charge >= 0.3 is 0 Å². The van der Waals surface area contributed by atoms with Gasteiger partial charge < -0.3 is 34.6 Å². The van der Waals surface area contributed by atoms with Gasteiger partial charge in [0.1, 0.15) is 0 Å². The van der Waals surface area contributed by atoms with Crippen molar-refractivity contribution in [1.82, 2.24) is 25.3 Å². The Hall–Kier alpha value is -2.78. The maximum absolute atomic E-state index is 12.3. The van der Waals surface area contributed by atoms with Crippen molar-refractivity contribution in [2.75, 3.05) is 86.6 Å². The van der Waals surface area contributed by atoms with Gasteiger partial charge in [0.15, 0.2) is 4.34 Å². The highest BCUT2D eigenvalue weighted by Gasteiger charge is 2.21. The lowest BCUT2D eigenvalue weighted by molar-refractivity contribution is -0.119. The van der Waals surface area contributed by atoms with Crippen LogP contribution in [0.25, 0.3) is 10.2 Å². The summed E-state index contributed by atoms with van der Waals surface area (Å²) < 4.78 is 18.5. The van der Waals surface area contributed by atoms with E-state index in [0.29, 0.717) is 56.6 Å². The summed E-state index contributed by atoms with van der Waals surface area (Å²) in [7, 11) is 0. The summed E-state index contributed by atoms with van der Waals surface area (Å²) in [5.41, 5.74) is 1.76. The molecule has 2 aromatic heterocycles. The Kier molecular flexibility index (Phi) is 8.54. The number of hydrogen-bond acceptors (Lipinski definition) is 13. The highest BCUT2D eigenvalue weighted by molar-refractivity contribution is 8.01. The lowest BCUT2D eigenvalue weighted by Crippen LogP contribution is -2.40. The van der Waals surface area contributed by atoms with Crippen molar-refractivity contribution in [3.8, 4) is 0 Å². The number of aromatic nitrogens is 4. The van der Waals surface area contributed by atoms with Crippen LogP contribution in [0.3, 0.4) is 0 Å². The van der Waals surface area contributed by atoms with E-state index < -0.39 is 0 Å². The van der Waals surface area contributed by atoms with Crippen molar-refractivity contribution in [2.24, 2.45) is 0 Å². The highest BCUT2D eigenvalue weighted by atomic mass is 32.2. The molecular formula is C25H32N8O4S2. The third-order valence-electron chi connectivity index (χ3n) is 6.70. The molecule has 2 N–H and O–H groups in total. The molecule has 1 atom stereocenters. The molecule has 1 amide bonds. The fourth-order valence-corrected chi connectivity index (χ4v) is 6.54. The first kappa shape index (κ1) is 26.4. The third-order valence-corrected chi connectivity index (χ3v) is 8.86. The molecule has 14 heteroatoms. The van der Waals surface area contributed by atoms with Crippen LogP contribution in [0.15, 0.2) is 22.5 Å². The van der Waals surface area contributed by atoms with E-state index in [-0.39, 0.29) is 12.0 Å². The molecule has 1 aromatic carbocycles. The maximum atomic E-state index is 12.3. The number of hydrogen-bond donors (Lipinski definition) is 2. The first-order chi connectivity index (χ1) is 19.2. The number of rotatable bonds is 9. The van der Waals surface area contributed by atoms with Crippen molar-refractivity contribution >= 4 is 62.8 Å². The molecule has 0 saturated carbocycles. The molecule has 5 heterocycles. The quantitative estimate of drug-likeness (QED) is 0.365. The van der Waals surface area contributed by atoms with E-state index in [1.165, 1.54) is 11.8 Å². The van der Waals surface area contributed by atoms with Gasteiger partial charge in [-0.15, -0.1) is 11.3 Å². The molecule has 3 aromatic rings. The monoisotopic (exact) mass is 572 g/mol. The first-order valence-corrected chi connectivity index (χ1v) is 15.1. The summed E-state index contributed by atoms with van der Waals surface area (Å²) in [5, 5.41) is 6.34. The lowest BCUT2D eigenvalue weighted by Gasteiger charge is -2.30. The predicted octanol–water partition coefficient (Wildman–Crippen LogP) is 2.29. The number of fused-ring (bicyclic) bond motifs is 1. The van der Waals surface area contributed by atoms with E-state index in [2.05, 4.69) is 20.4 Å². The van der Waals surface area contributed by atoms with Crippen LogP contribution in [-0.4, -0.2) is 103 Å². The van der Waals surface area contributed by atoms with Crippen molar-refractivity contribution in [2.45, 2.75) is 23.3 Å². The van der Waals surface area contributed by atoms with E-state index in [1.54, 1.807) is 11.3 Å². The number of amides is 1. The first-order valence-electron chi connectivity index (χ1n) is 13.3. The van der Waals surface area contributed by atoms with Crippen LogP contribution in [0.1, 0.15) is 12.8 Å². The molecule has 0 bridgehead atoms. The van der Waals surface area contributed by atoms with E-state index in [9.17, 15) is 4.79 Å². The maximum Gasteiger partial charge on any atom is 0.233 e. The minimum atomic E-state index is -0.000841. The molecule has 6 rings (SSSR count). The molecule has 0 spiro atoms. The van der Waals surface area contributed by atoms with Gasteiger partial charge in [-0.1, -0.05) is 11.8 Å². The minimum Gasteiger partial charge on any atom is -0.378 e. The zero-order chi connectivity index (χ0) is 26.4. The molecule has 0 aliphatic carbocycles. The number of nitrogens with one attached hydrogen (secondary N) is 2. The molecule has 0 radical (unpaired) electrons. The Balaban J connectivity index is 1.13. The van der Waals surface area contributed by atoms with Gasteiger partial charge in [0.25, 0.3) is 0 Å². The van der Waals surface area contributed by atoms with E-state index in [4.69, 9.17) is 34.1 Å². The van der Waals surface area contributed by atoms with Gasteiger partial charge in [-0.2, -0.15) is 15.0 Å². The third kappa shape index (κ3) is 6.87. The van der Waals surface area contributed by atoms with Gasteiger partial charge in [-0.05, 0) is 31.0 Å². The number of thioether (sulfide) groups is 1. The predicted molar refractivity (Wildman–Crippen MR) is 152 cm³/mol. The van der Waals surface area contributed by atoms with Crippen molar-refractivity contribution in [1.29, 1.82) is 0 Å². The van der Waals surface area contributed by atoms with Gasteiger partial charge in [0, 0.05) is 45.0 Å². The summed E-state index contributed by atoms with van der Waals surface area (Å²) in [6.45, 7) is 6.94. The second-order valence-electron chi connectivity index (χ2n) is 9.47. The van der Waals surface area contributed by atoms with Crippen LogP contribution < -0.4 is 20.4 Å². The Labute approximate surface area is 234 Å². The fourth-order valence-electron chi connectivity index (χ4n) is 4.60. The van der Waals surface area contributed by atoms with Crippen molar-refractivity contribution in [3.63, 3.8) is 0 Å². The molecule has 39 heavy (non-hydrogen) atoms. The van der Waals surface area contributed by atoms with Gasteiger partial charge in [-0.3, -0.25) is 4.79 Å². The largest absolute Gasteiger partial charge is 0.378 e. The minimum absolute atomic E-state index is 0.000841. The molecule has 3 fully saturated rings. The number of nitrogens with zero attached hydrogens (tertiary/aromatic N) is 6. The van der Waals surface area contributed by atoms with Gasteiger partial charge in [0.05, 0.1) is 48.5 Å². The van der Waals surface area contributed by atoms with Crippen LogP contribution >= 0.6 is 23.1 Å². The molecule has 1 unspecified atom stereocenters. The molecule has 208 valence electrons. The summed E-state index contributed by atoms with van der Waals surface area (Å²) in [6, 6.07) is 5.99. The average molecular weight is 573 g/mol. The number of benzene rings is 1. The second kappa shape index (κ2) is 12.6. The number of thiazole rings is 1. The van der Waals surface area contributed by atoms with Gasteiger partial charge in [-0.25, -0.2) is 4.98 Å². The fraction of sp³-hybridized carbons (Fsp3) is 0.560. The highest BCUT2D eigenvalue weighted by Crippen LogP contribution is 2.32. The van der Waals surface area contributed by atoms with E-state index in [1.807, 2.05) is 18.2 Å². The second-order valence-corrected chi connectivity index (χ2v) is 11.7. The topological polar surface area (TPSA) is 127 Å². The van der Waals surface area contributed by atoms with Crippen molar-refractivity contribution in [3.05, 3.63) is 18.2 Å². The van der Waals surface area contributed by atoms with Crippen LogP contribution in [-0.2, 0) is 19.0 Å². The number of ether oxygens (including phenoxy) is 3. The Morgan fingerprint density at radius 2 is 1.69 bits per heavy atom. The van der Waals surface area contributed by atoms with Crippen molar-refractivity contribution < 1.29 is 19.0 Å². The normalized spacial score (nSPS) is 19.9. The van der Waals surface area contributed by atoms with Crippen LogP contribution in [0.2, 0.25) is 0 Å². The van der Waals surface area contributed by atoms with Gasteiger partial charge in [0.2, 0.25) is 23.8 Å². The summed E-state index contributed by atoms with van der Waals surface area (Å²) in [4.78, 5) is 35.5. The standard InChI is InChI=1S/C25H32N8O4S2/c34-21(26-15-18-2-1-9-37-18)16-38-25-28-19-4-3-17(14-20(19)39-25)27-22-29-23(32-5-10-35-11-6-32)31-24(30-22)33-7-12-36-13-8-33/h3-4,14,18H,1-2,5-13,15-16H2,(H,26,34)(H,27,29,30,31). The smallest absolute Gasteiger partial charge is 0.233 e. The molecule has 3 aliphatic rings. The average Bonchev–Trinajstić information content (AvgIpc) is 3.65. The zero-order valence-electron chi connectivity index (χ0n) is 21.6. The number of morpholine rings is 2. The Morgan fingerprint density at radius 3 is 2.36 bits per heavy atom. The number of carbonyl (C=O) groups excluding carboxylic acids is 1. The zero-order valence-corrected chi connectivity index (χ0v) is 23.3. The van der Waals surface area contributed by atoms with E-state index in [0.717, 1.165) is 65.9 Å². The summed E-state index contributed by atoms with van der Waals surface area (Å²) in [6.07, 6.45) is 2.22. The number of anilines is 4. The Bertz CT molecular complexity index is 1240. The van der Waals surface area contributed by atoms with Crippen LogP contribution in [0.4, 0.5) is 23.5 Å². The molecule has 3 aliphatic heterocycles. The van der Waals surface area contributed by atoms with Crippen LogP contribution in [0, 0.1) is 0 Å². The van der Waals surface area contributed by atoms with E-state index >= 15 is 0 Å². The molecular weight excluding hydrogens is 540 g/mol. The number of carbonyl (C=O) groups is 1. The molecule has 12 nitrogen and oxygen atoms in total. The molecule has 3 saturated heterocycles. The lowest BCUT2D eigenvalue weighted by atomic mass is 10.2. The van der Waals surface area contributed by atoms with Crippen LogP contribution in [0.5, 0.6) is 0 Å². The SMILES string of the molecule is O=C(CSc1nc2ccc(Nc3nc(N4CCOCC4)nc(N4CCOCC4)n3)cc2s1)NCC1CCCO1. The Morgan fingerprint density at radius 1 is 0.974 bits per heavy atom. The summed E-state index contributed by atoms with van der Waals surface area (Å²) in [5.74, 6) is 2.12.